The van der Waals surface area contributed by atoms with E-state index in [0.717, 1.165) is 11.3 Å². The Labute approximate surface area is 205 Å². The number of aryl methyl sites for hydroxylation is 1. The molecule has 0 spiro atoms. The van der Waals surface area contributed by atoms with Gasteiger partial charge in [-0.05, 0) is 54.3 Å². The zero-order valence-electron chi connectivity index (χ0n) is 20.3. The number of fused-ring (bicyclic) bond motifs is 2. The maximum atomic E-state index is 13.6. The zero-order chi connectivity index (χ0) is 24.7. The topological polar surface area (TPSA) is 55.4 Å². The average Bonchev–Trinajstić information content (AvgIpc) is 2.84. The summed E-state index contributed by atoms with van der Waals surface area (Å²) >= 11 is 0. The highest BCUT2D eigenvalue weighted by molar-refractivity contribution is 6.29. The Morgan fingerprint density at radius 1 is 0.686 bits per heavy atom. The molecule has 0 heterocycles. The fourth-order valence-electron chi connectivity index (χ4n) is 4.29. The molecule has 1 aliphatic carbocycles. The van der Waals surface area contributed by atoms with Crippen LogP contribution in [0.1, 0.15) is 63.7 Å². The Kier molecular flexibility index (Phi) is 5.52. The predicted octanol–water partition coefficient (Wildman–Crippen LogP) is 7.60. The first-order valence-corrected chi connectivity index (χ1v) is 11.7. The maximum absolute atomic E-state index is 13.6. The number of hydrogen-bond acceptors (Lipinski definition) is 4. The van der Waals surface area contributed by atoms with E-state index >= 15 is 0 Å². The molecular formula is C31H27NO3. The first-order chi connectivity index (χ1) is 16.7. The number of nitrogens with one attached hydrogen (secondary N) is 1. The van der Waals surface area contributed by atoms with Gasteiger partial charge in [-0.3, -0.25) is 9.59 Å². The average molecular weight is 462 g/mol. The van der Waals surface area contributed by atoms with Gasteiger partial charge in [0, 0.05) is 22.4 Å². The second-order valence-electron chi connectivity index (χ2n) is 9.94. The first kappa shape index (κ1) is 22.6. The standard InChI is InChI=1S/C31H27NO3/c1-19-9-13-21(14-10-19)32-26-18-17-25-27(29(34)24-8-6-5-7-23(24)28(25)33)30(26)35-22-15-11-20(12-16-22)31(2,3)4/h5-18,32H,1-4H3. The van der Waals surface area contributed by atoms with Gasteiger partial charge < -0.3 is 10.1 Å². The van der Waals surface area contributed by atoms with Gasteiger partial charge in [-0.2, -0.15) is 0 Å². The molecule has 5 rings (SSSR count). The van der Waals surface area contributed by atoms with E-state index in [1.54, 1.807) is 36.4 Å². The summed E-state index contributed by atoms with van der Waals surface area (Å²) in [5, 5.41) is 3.38. The van der Waals surface area contributed by atoms with Crippen LogP contribution in [0.15, 0.2) is 84.9 Å². The number of ketones is 2. The molecule has 0 radical (unpaired) electrons. The Morgan fingerprint density at radius 2 is 1.31 bits per heavy atom. The van der Waals surface area contributed by atoms with Crippen molar-refractivity contribution in [1.82, 2.24) is 0 Å². The summed E-state index contributed by atoms with van der Waals surface area (Å²) in [7, 11) is 0. The van der Waals surface area contributed by atoms with E-state index in [9.17, 15) is 9.59 Å². The van der Waals surface area contributed by atoms with Crippen LogP contribution in [-0.2, 0) is 5.41 Å². The Morgan fingerprint density at radius 3 is 1.94 bits per heavy atom. The summed E-state index contributed by atoms with van der Waals surface area (Å²) in [6, 6.07) is 26.3. The molecule has 0 aliphatic heterocycles. The van der Waals surface area contributed by atoms with Crippen molar-refractivity contribution in [1.29, 1.82) is 0 Å². The van der Waals surface area contributed by atoms with E-state index in [-0.39, 0.29) is 22.5 Å². The van der Waals surface area contributed by atoms with Crippen LogP contribution in [0.5, 0.6) is 11.5 Å². The summed E-state index contributed by atoms with van der Waals surface area (Å²) < 4.78 is 6.37. The van der Waals surface area contributed by atoms with Crippen LogP contribution in [0.3, 0.4) is 0 Å². The number of benzene rings is 4. The van der Waals surface area contributed by atoms with Gasteiger partial charge >= 0.3 is 0 Å². The fraction of sp³-hybridized carbons (Fsp3) is 0.161. The molecule has 0 aromatic heterocycles. The van der Waals surface area contributed by atoms with Crippen LogP contribution in [0, 0.1) is 6.92 Å². The molecule has 35 heavy (non-hydrogen) atoms. The summed E-state index contributed by atoms with van der Waals surface area (Å²) in [5.41, 5.74) is 5.26. The maximum Gasteiger partial charge on any atom is 0.198 e. The molecule has 0 fully saturated rings. The molecular weight excluding hydrogens is 434 g/mol. The van der Waals surface area contributed by atoms with Gasteiger partial charge in [-0.25, -0.2) is 0 Å². The molecule has 4 aromatic rings. The Bertz CT molecular complexity index is 1440. The van der Waals surface area contributed by atoms with Crippen LogP contribution in [0.4, 0.5) is 11.4 Å². The minimum atomic E-state index is -0.218. The molecule has 0 atom stereocenters. The molecule has 0 amide bonds. The summed E-state index contributed by atoms with van der Waals surface area (Å²) in [4.78, 5) is 26.9. The van der Waals surface area contributed by atoms with Crippen molar-refractivity contribution < 1.29 is 14.3 Å². The fourth-order valence-corrected chi connectivity index (χ4v) is 4.29. The van der Waals surface area contributed by atoms with Crippen LogP contribution in [0.2, 0.25) is 0 Å². The SMILES string of the molecule is Cc1ccc(Nc2ccc3c(c2Oc2ccc(C(C)(C)C)cc2)C(=O)c2ccccc2C3=O)cc1. The quantitative estimate of drug-likeness (QED) is 0.299. The van der Waals surface area contributed by atoms with Crippen LogP contribution >= 0.6 is 0 Å². The van der Waals surface area contributed by atoms with E-state index in [1.165, 1.54) is 5.56 Å². The highest BCUT2D eigenvalue weighted by Crippen LogP contribution is 2.42. The molecule has 0 unspecified atom stereocenters. The number of carbonyl (C=O) groups excluding carboxylic acids is 2. The highest BCUT2D eigenvalue weighted by atomic mass is 16.5. The molecule has 1 N–H and O–H groups in total. The molecule has 4 nitrogen and oxygen atoms in total. The van der Waals surface area contributed by atoms with Crippen LogP contribution < -0.4 is 10.1 Å². The Balaban J connectivity index is 1.64. The van der Waals surface area contributed by atoms with Gasteiger partial charge in [0.05, 0.1) is 11.3 Å². The normalized spacial score (nSPS) is 12.7. The summed E-state index contributed by atoms with van der Waals surface area (Å²) in [5.74, 6) is 0.547. The summed E-state index contributed by atoms with van der Waals surface area (Å²) in [6.45, 7) is 8.49. The lowest BCUT2D eigenvalue weighted by atomic mass is 9.83. The van der Waals surface area contributed by atoms with Gasteiger partial charge in [0.2, 0.25) is 0 Å². The number of ether oxygens (including phenoxy) is 1. The third kappa shape index (κ3) is 4.24. The lowest BCUT2D eigenvalue weighted by Crippen LogP contribution is -2.22. The van der Waals surface area contributed by atoms with E-state index < -0.39 is 0 Å². The monoisotopic (exact) mass is 461 g/mol. The second kappa shape index (κ2) is 8.55. The highest BCUT2D eigenvalue weighted by Gasteiger charge is 2.33. The zero-order valence-corrected chi connectivity index (χ0v) is 20.3. The summed E-state index contributed by atoms with van der Waals surface area (Å²) in [6.07, 6.45) is 0. The van der Waals surface area contributed by atoms with Crippen molar-refractivity contribution in [2.24, 2.45) is 0 Å². The van der Waals surface area contributed by atoms with Crippen molar-refractivity contribution >= 4 is 22.9 Å². The van der Waals surface area contributed by atoms with Gasteiger partial charge in [0.25, 0.3) is 0 Å². The van der Waals surface area contributed by atoms with Gasteiger partial charge in [-0.1, -0.05) is 74.9 Å². The first-order valence-electron chi connectivity index (χ1n) is 11.7. The molecule has 4 heteroatoms. The van der Waals surface area contributed by atoms with Gasteiger partial charge in [-0.15, -0.1) is 0 Å². The van der Waals surface area contributed by atoms with Crippen LogP contribution in [-0.4, -0.2) is 11.6 Å². The number of rotatable bonds is 4. The Hall–Kier alpha value is -4.18. The minimum absolute atomic E-state index is 0.00862. The lowest BCUT2D eigenvalue weighted by molar-refractivity contribution is 0.0977. The van der Waals surface area contributed by atoms with Gasteiger partial charge in [0.15, 0.2) is 17.3 Å². The second-order valence-corrected chi connectivity index (χ2v) is 9.94. The van der Waals surface area contributed by atoms with Crippen molar-refractivity contribution in [3.8, 4) is 11.5 Å². The third-order valence-corrected chi connectivity index (χ3v) is 6.32. The van der Waals surface area contributed by atoms with E-state index in [1.807, 2.05) is 55.5 Å². The smallest absolute Gasteiger partial charge is 0.198 e. The number of carbonyl (C=O) groups is 2. The largest absolute Gasteiger partial charge is 0.454 e. The predicted molar refractivity (Wildman–Crippen MR) is 139 cm³/mol. The van der Waals surface area contributed by atoms with E-state index in [2.05, 4.69) is 26.1 Å². The molecule has 174 valence electrons. The van der Waals surface area contributed by atoms with E-state index in [4.69, 9.17) is 4.74 Å². The van der Waals surface area contributed by atoms with Crippen LogP contribution in [0.25, 0.3) is 0 Å². The number of anilines is 2. The van der Waals surface area contributed by atoms with Crippen molar-refractivity contribution in [3.05, 3.63) is 118 Å². The van der Waals surface area contributed by atoms with E-state index in [0.29, 0.717) is 33.9 Å². The third-order valence-electron chi connectivity index (χ3n) is 6.32. The number of hydrogen-bond donors (Lipinski definition) is 1. The van der Waals surface area contributed by atoms with Crippen molar-refractivity contribution in [3.63, 3.8) is 0 Å². The molecule has 4 aromatic carbocycles. The van der Waals surface area contributed by atoms with Crippen molar-refractivity contribution in [2.75, 3.05) is 5.32 Å². The lowest BCUT2D eigenvalue weighted by Gasteiger charge is -2.23. The van der Waals surface area contributed by atoms with Crippen molar-refractivity contribution in [2.45, 2.75) is 33.1 Å². The van der Waals surface area contributed by atoms with Gasteiger partial charge in [0.1, 0.15) is 5.75 Å². The molecule has 0 bridgehead atoms. The molecule has 0 saturated carbocycles. The minimum Gasteiger partial charge on any atom is -0.454 e. The molecule has 1 aliphatic rings. The molecule has 0 saturated heterocycles.